The Kier molecular flexibility index (Phi) is 7.53. The summed E-state index contributed by atoms with van der Waals surface area (Å²) in [7, 11) is -3.71. The third-order valence-corrected chi connectivity index (χ3v) is 6.45. The van der Waals surface area contributed by atoms with Crippen molar-refractivity contribution in [3.8, 4) is 11.5 Å². The summed E-state index contributed by atoms with van der Waals surface area (Å²) in [6.07, 6.45) is -0.152. The smallest absolute Gasteiger partial charge is 0.262 e. The average Bonchev–Trinajstić information content (AvgIpc) is 2.74. The molecule has 1 aliphatic rings. The van der Waals surface area contributed by atoms with Crippen molar-refractivity contribution in [3.63, 3.8) is 0 Å². The normalized spacial score (nSPS) is 15.0. The lowest BCUT2D eigenvalue weighted by atomic mass is 10.2. The fraction of sp³-hybridized carbons (Fsp3) is 0.409. The van der Waals surface area contributed by atoms with Crippen LogP contribution in [0, 0.1) is 6.92 Å². The zero-order valence-corrected chi connectivity index (χ0v) is 18.8. The van der Waals surface area contributed by atoms with E-state index >= 15 is 0 Å². The van der Waals surface area contributed by atoms with Gasteiger partial charge in [0.05, 0.1) is 29.9 Å². The van der Waals surface area contributed by atoms with Crippen LogP contribution in [0.5, 0.6) is 11.5 Å². The molecule has 0 atom stereocenters. The van der Waals surface area contributed by atoms with Crippen molar-refractivity contribution >= 4 is 21.6 Å². The van der Waals surface area contributed by atoms with E-state index in [0.717, 1.165) is 5.56 Å². The van der Waals surface area contributed by atoms with E-state index in [0.29, 0.717) is 37.8 Å². The zero-order valence-electron chi connectivity index (χ0n) is 18.0. The number of hydrogen-bond acceptors (Lipinski definition) is 6. The van der Waals surface area contributed by atoms with E-state index < -0.39 is 15.9 Å². The van der Waals surface area contributed by atoms with E-state index in [1.807, 2.05) is 39.0 Å². The number of morpholine rings is 1. The number of anilines is 1. The van der Waals surface area contributed by atoms with Crippen LogP contribution in [0.15, 0.2) is 47.4 Å². The highest BCUT2D eigenvalue weighted by atomic mass is 32.2. The molecule has 0 aromatic heterocycles. The number of aryl methyl sites for hydroxylation is 1. The number of nitrogens with zero attached hydrogens (tertiary/aromatic N) is 1. The summed E-state index contributed by atoms with van der Waals surface area (Å²) in [6, 6.07) is 11.8. The molecule has 0 bridgehead atoms. The van der Waals surface area contributed by atoms with Gasteiger partial charge in [-0.3, -0.25) is 4.79 Å². The molecule has 168 valence electrons. The largest absolute Gasteiger partial charge is 0.489 e. The Morgan fingerprint density at radius 2 is 1.90 bits per heavy atom. The number of rotatable bonds is 8. The third kappa shape index (κ3) is 6.19. The molecular weight excluding hydrogens is 420 g/mol. The number of nitrogens with one attached hydrogen (secondary N) is 1. The monoisotopic (exact) mass is 448 g/mol. The molecule has 0 aliphatic carbocycles. The van der Waals surface area contributed by atoms with Crippen molar-refractivity contribution in [2.75, 3.05) is 38.2 Å². The van der Waals surface area contributed by atoms with E-state index in [4.69, 9.17) is 14.2 Å². The summed E-state index contributed by atoms with van der Waals surface area (Å²) in [4.78, 5) is 12.6. The first-order valence-electron chi connectivity index (χ1n) is 10.1. The summed E-state index contributed by atoms with van der Waals surface area (Å²) < 4.78 is 43.9. The Labute approximate surface area is 183 Å². The molecule has 0 spiro atoms. The molecule has 0 unspecified atom stereocenters. The number of hydrogen-bond donors (Lipinski definition) is 1. The summed E-state index contributed by atoms with van der Waals surface area (Å²) in [5.41, 5.74) is 1.30. The molecule has 9 heteroatoms. The maximum Gasteiger partial charge on any atom is 0.262 e. The van der Waals surface area contributed by atoms with Crippen LogP contribution in [0.2, 0.25) is 0 Å². The van der Waals surface area contributed by atoms with Crippen LogP contribution in [-0.2, 0) is 19.6 Å². The van der Waals surface area contributed by atoms with E-state index in [-0.39, 0.29) is 23.3 Å². The van der Waals surface area contributed by atoms with Crippen molar-refractivity contribution in [2.45, 2.75) is 31.8 Å². The number of amides is 1. The Morgan fingerprint density at radius 1 is 1.16 bits per heavy atom. The van der Waals surface area contributed by atoms with Gasteiger partial charge in [0.1, 0.15) is 11.5 Å². The summed E-state index contributed by atoms with van der Waals surface area (Å²) in [5.74, 6) is 0.549. The Bertz CT molecular complexity index is 1020. The van der Waals surface area contributed by atoms with Gasteiger partial charge in [-0.1, -0.05) is 12.1 Å². The van der Waals surface area contributed by atoms with Crippen LogP contribution in [0.4, 0.5) is 5.69 Å². The number of carbonyl (C=O) groups excluding carboxylic acids is 1. The molecule has 1 fully saturated rings. The van der Waals surface area contributed by atoms with Crippen LogP contribution in [0.3, 0.4) is 0 Å². The predicted molar refractivity (Wildman–Crippen MR) is 117 cm³/mol. The van der Waals surface area contributed by atoms with Gasteiger partial charge >= 0.3 is 0 Å². The average molecular weight is 449 g/mol. The van der Waals surface area contributed by atoms with Crippen LogP contribution in [0.25, 0.3) is 0 Å². The van der Waals surface area contributed by atoms with Crippen molar-refractivity contribution < 1.29 is 27.4 Å². The van der Waals surface area contributed by atoms with Crippen LogP contribution in [-0.4, -0.2) is 57.6 Å². The molecule has 2 aromatic carbocycles. The molecule has 1 saturated heterocycles. The summed E-state index contributed by atoms with van der Waals surface area (Å²) in [6.45, 7) is 6.71. The lowest BCUT2D eigenvalue weighted by molar-refractivity contribution is -0.118. The topological polar surface area (TPSA) is 94.2 Å². The molecular formula is C22H28N2O6S. The van der Waals surface area contributed by atoms with E-state index in [1.54, 1.807) is 12.1 Å². The molecule has 8 nitrogen and oxygen atoms in total. The van der Waals surface area contributed by atoms with Gasteiger partial charge in [-0.05, 0) is 56.7 Å². The standard InChI is InChI=1S/C22H28N2O6S/c1-16(2)30-21-8-7-19(31(26,27)24-9-11-28-12-10-24)14-20(21)23-22(25)15-29-18-6-4-5-17(3)13-18/h4-8,13-14,16H,9-12,15H2,1-3H3,(H,23,25). The second-order valence-electron chi connectivity index (χ2n) is 7.49. The van der Waals surface area contributed by atoms with E-state index in [9.17, 15) is 13.2 Å². The van der Waals surface area contributed by atoms with Crippen molar-refractivity contribution in [3.05, 3.63) is 48.0 Å². The Balaban J connectivity index is 1.79. The highest BCUT2D eigenvalue weighted by molar-refractivity contribution is 7.89. The van der Waals surface area contributed by atoms with Crippen LogP contribution >= 0.6 is 0 Å². The number of carbonyl (C=O) groups is 1. The molecule has 1 amide bonds. The third-order valence-electron chi connectivity index (χ3n) is 4.56. The van der Waals surface area contributed by atoms with Gasteiger partial charge in [-0.2, -0.15) is 4.31 Å². The molecule has 0 radical (unpaired) electrons. The van der Waals surface area contributed by atoms with Gasteiger partial charge in [0, 0.05) is 13.1 Å². The second-order valence-corrected chi connectivity index (χ2v) is 9.43. The quantitative estimate of drug-likeness (QED) is 0.667. The minimum absolute atomic E-state index is 0.0837. The van der Waals surface area contributed by atoms with Gasteiger partial charge in [-0.25, -0.2) is 8.42 Å². The number of benzene rings is 2. The van der Waals surface area contributed by atoms with E-state index in [2.05, 4.69) is 5.32 Å². The summed E-state index contributed by atoms with van der Waals surface area (Å²) in [5, 5.41) is 2.72. The molecule has 31 heavy (non-hydrogen) atoms. The van der Waals surface area contributed by atoms with Gasteiger partial charge in [0.15, 0.2) is 6.61 Å². The SMILES string of the molecule is Cc1cccc(OCC(=O)Nc2cc(S(=O)(=O)N3CCOCC3)ccc2OC(C)C)c1. The molecule has 1 N–H and O–H groups in total. The maximum absolute atomic E-state index is 13.0. The zero-order chi connectivity index (χ0) is 22.4. The Morgan fingerprint density at radius 3 is 2.58 bits per heavy atom. The minimum Gasteiger partial charge on any atom is -0.489 e. The lowest BCUT2D eigenvalue weighted by Gasteiger charge is -2.26. The number of sulfonamides is 1. The highest BCUT2D eigenvalue weighted by Crippen LogP contribution is 2.30. The maximum atomic E-state index is 13.0. The molecule has 0 saturated carbocycles. The van der Waals surface area contributed by atoms with Gasteiger partial charge in [0.2, 0.25) is 10.0 Å². The lowest BCUT2D eigenvalue weighted by Crippen LogP contribution is -2.40. The molecule has 3 rings (SSSR count). The van der Waals surface area contributed by atoms with Gasteiger partial charge in [-0.15, -0.1) is 0 Å². The first-order chi connectivity index (χ1) is 14.8. The fourth-order valence-electron chi connectivity index (χ4n) is 3.10. The van der Waals surface area contributed by atoms with Gasteiger partial charge in [0.25, 0.3) is 5.91 Å². The summed E-state index contributed by atoms with van der Waals surface area (Å²) >= 11 is 0. The first kappa shape index (κ1) is 23.1. The van der Waals surface area contributed by atoms with Crippen molar-refractivity contribution in [1.82, 2.24) is 4.31 Å². The minimum atomic E-state index is -3.71. The number of ether oxygens (including phenoxy) is 3. The van der Waals surface area contributed by atoms with Crippen LogP contribution < -0.4 is 14.8 Å². The molecule has 1 aliphatic heterocycles. The van der Waals surface area contributed by atoms with Crippen LogP contribution in [0.1, 0.15) is 19.4 Å². The van der Waals surface area contributed by atoms with Crippen molar-refractivity contribution in [2.24, 2.45) is 0 Å². The van der Waals surface area contributed by atoms with E-state index in [1.165, 1.54) is 16.4 Å². The molecule has 1 heterocycles. The highest BCUT2D eigenvalue weighted by Gasteiger charge is 2.27. The first-order valence-corrected chi connectivity index (χ1v) is 11.6. The van der Waals surface area contributed by atoms with Crippen molar-refractivity contribution in [1.29, 1.82) is 0 Å². The second kappa shape index (κ2) is 10.1. The Hall–Kier alpha value is -2.62. The fourth-order valence-corrected chi connectivity index (χ4v) is 4.53. The molecule has 2 aromatic rings. The predicted octanol–water partition coefficient (Wildman–Crippen LogP) is 2.82. The van der Waals surface area contributed by atoms with Gasteiger partial charge < -0.3 is 19.5 Å².